The summed E-state index contributed by atoms with van der Waals surface area (Å²) in [4.78, 5) is 32.6. The molecule has 1 aliphatic heterocycles. The van der Waals surface area contributed by atoms with Gasteiger partial charge in [-0.25, -0.2) is 9.59 Å². The number of carbonyl (C=O) groups is 1. The molecule has 1 amide bonds. The Morgan fingerprint density at radius 3 is 2.79 bits per heavy atom. The number of nitrogens with two attached hydrogens (primary N) is 1. The highest BCUT2D eigenvalue weighted by Gasteiger charge is 2.23. The number of aromatic nitrogens is 2. The van der Waals surface area contributed by atoms with Crippen LogP contribution in [0.15, 0.2) is 34.1 Å². The molecule has 28 heavy (non-hydrogen) atoms. The standard InChI is InChI=1S/C18H26N6O3.HI/c1-2-27-18(26)23-10-7-13(8-11-23)21-16(19)20-9-12-24-15-6-4-3-5-14(15)22-17(24)25;/h3-6,13H,2,7-12H2,1H3,(H,22,25)(H3,19,20,21);1H. The van der Waals surface area contributed by atoms with E-state index in [0.717, 1.165) is 23.9 Å². The van der Waals surface area contributed by atoms with Crippen LogP contribution in [0.25, 0.3) is 11.0 Å². The molecule has 2 heterocycles. The summed E-state index contributed by atoms with van der Waals surface area (Å²) in [6.07, 6.45) is 1.32. The van der Waals surface area contributed by atoms with Gasteiger partial charge in [-0.3, -0.25) is 9.56 Å². The molecule has 2 aromatic rings. The quantitative estimate of drug-likeness (QED) is 0.325. The van der Waals surface area contributed by atoms with E-state index in [4.69, 9.17) is 10.5 Å². The predicted molar refractivity (Wildman–Crippen MR) is 119 cm³/mol. The summed E-state index contributed by atoms with van der Waals surface area (Å²) < 4.78 is 6.67. The zero-order valence-electron chi connectivity index (χ0n) is 15.9. The molecule has 9 nitrogen and oxygen atoms in total. The minimum absolute atomic E-state index is 0. The number of nitrogens with one attached hydrogen (secondary N) is 2. The third-order valence-electron chi connectivity index (χ3n) is 4.66. The number of rotatable bonds is 5. The number of imidazole rings is 1. The van der Waals surface area contributed by atoms with Crippen LogP contribution in [0.2, 0.25) is 0 Å². The Balaban J connectivity index is 0.00000280. The van der Waals surface area contributed by atoms with Crippen molar-refractivity contribution in [3.8, 4) is 0 Å². The minimum Gasteiger partial charge on any atom is -0.450 e. The van der Waals surface area contributed by atoms with Crippen molar-refractivity contribution in [1.29, 1.82) is 0 Å². The normalized spacial score (nSPS) is 15.3. The van der Waals surface area contributed by atoms with Gasteiger partial charge in [-0.05, 0) is 31.9 Å². The zero-order valence-corrected chi connectivity index (χ0v) is 18.2. The fourth-order valence-electron chi connectivity index (χ4n) is 3.28. The number of aromatic amines is 1. The number of hydrogen-bond acceptors (Lipinski definition) is 4. The predicted octanol–water partition coefficient (Wildman–Crippen LogP) is 1.47. The maximum atomic E-state index is 12.0. The number of para-hydroxylation sites is 2. The highest BCUT2D eigenvalue weighted by molar-refractivity contribution is 14.0. The number of halogens is 1. The lowest BCUT2D eigenvalue weighted by Crippen LogP contribution is -2.48. The summed E-state index contributed by atoms with van der Waals surface area (Å²) in [5.41, 5.74) is 7.49. The second-order valence-electron chi connectivity index (χ2n) is 6.47. The van der Waals surface area contributed by atoms with Crippen LogP contribution in [0.3, 0.4) is 0 Å². The van der Waals surface area contributed by atoms with E-state index in [2.05, 4.69) is 15.3 Å². The first-order valence-corrected chi connectivity index (χ1v) is 9.24. The van der Waals surface area contributed by atoms with Crippen LogP contribution in [-0.2, 0) is 11.3 Å². The Morgan fingerprint density at radius 1 is 1.36 bits per heavy atom. The second kappa shape index (κ2) is 10.3. The zero-order chi connectivity index (χ0) is 19.2. The van der Waals surface area contributed by atoms with Gasteiger partial charge in [0, 0.05) is 25.7 Å². The molecule has 0 unspecified atom stereocenters. The second-order valence-corrected chi connectivity index (χ2v) is 6.47. The summed E-state index contributed by atoms with van der Waals surface area (Å²) in [5, 5.41) is 3.20. The third-order valence-corrected chi connectivity index (χ3v) is 4.66. The van der Waals surface area contributed by atoms with Gasteiger partial charge in [0.2, 0.25) is 0 Å². The number of guanidine groups is 1. The summed E-state index contributed by atoms with van der Waals surface area (Å²) in [7, 11) is 0. The Morgan fingerprint density at radius 2 is 2.07 bits per heavy atom. The van der Waals surface area contributed by atoms with Crippen molar-refractivity contribution in [1.82, 2.24) is 19.8 Å². The van der Waals surface area contributed by atoms with E-state index in [0.29, 0.717) is 38.7 Å². The number of likely N-dealkylation sites (tertiary alicyclic amines) is 1. The number of carbonyl (C=O) groups excluding carboxylic acids is 1. The Hall–Kier alpha value is -2.24. The Bertz CT molecular complexity index is 870. The molecule has 0 aliphatic carbocycles. The SMILES string of the molecule is CCOC(=O)N1CCC(NC(N)=NCCn2c(=O)[nH]c3ccccc32)CC1.I. The molecule has 0 radical (unpaired) electrons. The van der Waals surface area contributed by atoms with Crippen LogP contribution in [0.4, 0.5) is 4.79 Å². The van der Waals surface area contributed by atoms with Gasteiger partial charge in [0.05, 0.1) is 24.2 Å². The molecule has 1 aromatic heterocycles. The van der Waals surface area contributed by atoms with Gasteiger partial charge in [-0.15, -0.1) is 24.0 Å². The lowest BCUT2D eigenvalue weighted by molar-refractivity contribution is 0.0963. The number of amides is 1. The molecule has 0 saturated carbocycles. The fraction of sp³-hybridized carbons (Fsp3) is 0.500. The molecule has 0 bridgehead atoms. The number of ether oxygens (including phenoxy) is 1. The maximum Gasteiger partial charge on any atom is 0.409 e. The maximum absolute atomic E-state index is 12.0. The van der Waals surface area contributed by atoms with E-state index in [1.165, 1.54) is 0 Å². The van der Waals surface area contributed by atoms with Gasteiger partial charge >= 0.3 is 11.8 Å². The number of nitrogens with zero attached hydrogens (tertiary/aromatic N) is 3. The number of hydrogen-bond donors (Lipinski definition) is 3. The van der Waals surface area contributed by atoms with Crippen LogP contribution in [0.5, 0.6) is 0 Å². The van der Waals surface area contributed by atoms with E-state index in [9.17, 15) is 9.59 Å². The number of piperidine rings is 1. The van der Waals surface area contributed by atoms with Crippen molar-refractivity contribution in [2.24, 2.45) is 10.7 Å². The van der Waals surface area contributed by atoms with E-state index in [1.807, 2.05) is 24.3 Å². The van der Waals surface area contributed by atoms with Gasteiger partial charge in [0.25, 0.3) is 0 Å². The van der Waals surface area contributed by atoms with Crippen molar-refractivity contribution in [3.05, 3.63) is 34.7 Å². The monoisotopic (exact) mass is 502 g/mol. The van der Waals surface area contributed by atoms with Crippen molar-refractivity contribution in [3.63, 3.8) is 0 Å². The summed E-state index contributed by atoms with van der Waals surface area (Å²) in [5.74, 6) is 0.359. The van der Waals surface area contributed by atoms with E-state index in [1.54, 1.807) is 16.4 Å². The number of fused-ring (bicyclic) bond motifs is 1. The number of H-pyrrole nitrogens is 1. The summed E-state index contributed by atoms with van der Waals surface area (Å²) in [6.45, 7) is 4.31. The third kappa shape index (κ3) is 5.40. The molecule has 1 fully saturated rings. The molecule has 0 spiro atoms. The molecule has 1 aromatic carbocycles. The average Bonchev–Trinajstić information content (AvgIpc) is 2.98. The Kier molecular flexibility index (Phi) is 8.15. The van der Waals surface area contributed by atoms with Crippen molar-refractivity contribution in [2.45, 2.75) is 32.4 Å². The first-order valence-electron chi connectivity index (χ1n) is 9.24. The molecule has 1 saturated heterocycles. The number of benzene rings is 1. The average molecular weight is 502 g/mol. The van der Waals surface area contributed by atoms with Gasteiger partial charge in [-0.1, -0.05) is 12.1 Å². The van der Waals surface area contributed by atoms with Gasteiger partial charge < -0.3 is 25.7 Å². The minimum atomic E-state index is -0.262. The molecule has 3 rings (SSSR count). The van der Waals surface area contributed by atoms with E-state index >= 15 is 0 Å². The van der Waals surface area contributed by atoms with E-state index < -0.39 is 0 Å². The lowest BCUT2D eigenvalue weighted by atomic mass is 10.1. The smallest absolute Gasteiger partial charge is 0.409 e. The van der Waals surface area contributed by atoms with Crippen LogP contribution >= 0.6 is 24.0 Å². The molecule has 0 atom stereocenters. The van der Waals surface area contributed by atoms with Crippen LogP contribution in [0.1, 0.15) is 19.8 Å². The highest BCUT2D eigenvalue weighted by atomic mass is 127. The lowest BCUT2D eigenvalue weighted by Gasteiger charge is -2.31. The molecule has 154 valence electrons. The van der Waals surface area contributed by atoms with Gasteiger partial charge in [0.1, 0.15) is 0 Å². The molecule has 4 N–H and O–H groups in total. The van der Waals surface area contributed by atoms with Crippen LogP contribution in [0, 0.1) is 0 Å². The largest absolute Gasteiger partial charge is 0.450 e. The molecular formula is C18H27IN6O3. The highest BCUT2D eigenvalue weighted by Crippen LogP contribution is 2.11. The number of aliphatic imine (C=N–C) groups is 1. The first kappa shape index (κ1) is 22.1. The molecular weight excluding hydrogens is 475 g/mol. The molecule has 1 aliphatic rings. The summed E-state index contributed by atoms with van der Waals surface area (Å²) in [6, 6.07) is 7.73. The van der Waals surface area contributed by atoms with Crippen molar-refractivity contribution >= 4 is 47.1 Å². The topological polar surface area (TPSA) is 118 Å². The van der Waals surface area contributed by atoms with Crippen LogP contribution in [-0.4, -0.2) is 58.8 Å². The van der Waals surface area contributed by atoms with Gasteiger partial charge in [-0.2, -0.15) is 0 Å². The summed E-state index contributed by atoms with van der Waals surface area (Å²) >= 11 is 0. The first-order chi connectivity index (χ1) is 13.1. The van der Waals surface area contributed by atoms with Crippen LogP contribution < -0.4 is 16.7 Å². The Labute approximate surface area is 180 Å². The van der Waals surface area contributed by atoms with Crippen molar-refractivity contribution < 1.29 is 9.53 Å². The van der Waals surface area contributed by atoms with E-state index in [-0.39, 0.29) is 41.8 Å². The van der Waals surface area contributed by atoms with Crippen molar-refractivity contribution in [2.75, 3.05) is 26.2 Å². The fourth-order valence-corrected chi connectivity index (χ4v) is 3.28. The molecule has 10 heteroatoms. The van der Waals surface area contributed by atoms with Gasteiger partial charge in [0.15, 0.2) is 5.96 Å².